The number of rotatable bonds is 29. The van der Waals surface area contributed by atoms with Crippen LogP contribution in [0.2, 0.25) is 0 Å². The van der Waals surface area contributed by atoms with Gasteiger partial charge in [-0.25, -0.2) is 23.6 Å². The largest absolute Gasteiger partial charge is 0.494 e. The van der Waals surface area contributed by atoms with E-state index in [9.17, 15) is 23.6 Å². The van der Waals surface area contributed by atoms with Crippen LogP contribution in [0.4, 0.5) is 4.39 Å². The van der Waals surface area contributed by atoms with Gasteiger partial charge >= 0.3 is 23.9 Å². The van der Waals surface area contributed by atoms with Crippen LogP contribution in [-0.4, -0.2) is 37.1 Å². The van der Waals surface area contributed by atoms with Gasteiger partial charge in [0.2, 0.25) is 0 Å². The normalized spacial score (nSPS) is 10.8. The maximum atomic E-state index is 14.7. The molecule has 0 spiro atoms. The topological polar surface area (TPSA) is 124 Å². The van der Waals surface area contributed by atoms with Gasteiger partial charge in [0.05, 0.1) is 35.5 Å². The van der Waals surface area contributed by atoms with E-state index in [4.69, 9.17) is 28.4 Å². The average Bonchev–Trinajstić information content (AvgIpc) is 3.32. The average molecular weight is 901 g/mol. The zero-order valence-corrected chi connectivity index (χ0v) is 37.9. The molecule has 5 rings (SSSR count). The Morgan fingerprint density at radius 1 is 0.439 bits per heavy atom. The highest BCUT2D eigenvalue weighted by molar-refractivity contribution is 5.94. The summed E-state index contributed by atoms with van der Waals surface area (Å²) in [6.07, 6.45) is 20.5. The summed E-state index contributed by atoms with van der Waals surface area (Å²) in [5.41, 5.74) is 0.719. The predicted molar refractivity (Wildman–Crippen MR) is 253 cm³/mol. The minimum Gasteiger partial charge on any atom is -0.494 e. The number of benzene rings is 5. The zero-order valence-electron chi connectivity index (χ0n) is 37.9. The first-order valence-corrected chi connectivity index (χ1v) is 23.2. The molecule has 0 unspecified atom stereocenters. The van der Waals surface area contributed by atoms with Crippen LogP contribution in [-0.2, 0) is 0 Å². The highest BCUT2D eigenvalue weighted by Gasteiger charge is 2.16. The molecule has 0 saturated carbocycles. The molecule has 11 heteroatoms. The Morgan fingerprint density at radius 2 is 0.833 bits per heavy atom. The van der Waals surface area contributed by atoms with E-state index in [-0.39, 0.29) is 45.4 Å². The second-order valence-electron chi connectivity index (χ2n) is 16.0. The molecule has 0 aliphatic heterocycles. The quantitative estimate of drug-likeness (QED) is 0.0198. The standard InChI is InChI=1S/C55H61FO10/c1-3-5-7-9-11-13-15-16-18-37-61-45-30-23-41(24-31-45)52(57)63-46-32-25-42(26-33-46)53(58)65-48-21-20-22-49(40-48)66-54(59)43-27-34-47(35-28-43)64-55(60)44-29-36-51(50(56)39-44)62-38-19-17-14-12-10-8-6-4-2/h3,20-36,39-40H,1,4-19,37-38H2,2H3. The molecule has 5 aromatic carbocycles. The molecule has 0 saturated heterocycles. The van der Waals surface area contributed by atoms with Crippen molar-refractivity contribution in [3.05, 3.63) is 156 Å². The van der Waals surface area contributed by atoms with Gasteiger partial charge < -0.3 is 28.4 Å². The molecule has 0 aliphatic carbocycles. The minimum absolute atomic E-state index is 0.00949. The van der Waals surface area contributed by atoms with Crippen molar-refractivity contribution in [2.75, 3.05) is 13.2 Å². The predicted octanol–water partition coefficient (Wildman–Crippen LogP) is 13.9. The fourth-order valence-corrected chi connectivity index (χ4v) is 6.90. The first-order chi connectivity index (χ1) is 32.2. The van der Waals surface area contributed by atoms with Crippen molar-refractivity contribution < 1.29 is 52.0 Å². The number of unbranched alkanes of at least 4 members (excludes halogenated alkanes) is 14. The van der Waals surface area contributed by atoms with E-state index in [0.717, 1.165) is 44.6 Å². The summed E-state index contributed by atoms with van der Waals surface area (Å²) in [5, 5.41) is 0. The van der Waals surface area contributed by atoms with Gasteiger partial charge in [-0.15, -0.1) is 6.58 Å². The van der Waals surface area contributed by atoms with Crippen molar-refractivity contribution in [2.45, 2.75) is 110 Å². The monoisotopic (exact) mass is 900 g/mol. The molecule has 10 nitrogen and oxygen atoms in total. The third-order valence-electron chi connectivity index (χ3n) is 10.7. The first-order valence-electron chi connectivity index (χ1n) is 23.2. The number of ether oxygens (including phenoxy) is 6. The molecular formula is C55H61FO10. The van der Waals surface area contributed by atoms with Crippen LogP contribution < -0.4 is 28.4 Å². The first kappa shape index (κ1) is 50.3. The molecule has 0 aromatic heterocycles. The summed E-state index contributed by atoms with van der Waals surface area (Å²) < 4.78 is 48.1. The van der Waals surface area contributed by atoms with Crippen molar-refractivity contribution in [1.29, 1.82) is 0 Å². The van der Waals surface area contributed by atoms with Crippen molar-refractivity contribution in [2.24, 2.45) is 0 Å². The lowest BCUT2D eigenvalue weighted by Gasteiger charge is -2.10. The van der Waals surface area contributed by atoms with Crippen LogP contribution in [0.3, 0.4) is 0 Å². The van der Waals surface area contributed by atoms with Gasteiger partial charge in [-0.2, -0.15) is 0 Å². The molecule has 5 aromatic rings. The van der Waals surface area contributed by atoms with Crippen LogP contribution >= 0.6 is 0 Å². The van der Waals surface area contributed by atoms with E-state index >= 15 is 0 Å². The SMILES string of the molecule is C=CCCCCCCCCCOc1ccc(C(=O)Oc2ccc(C(=O)Oc3cccc(OC(=O)c4ccc(OC(=O)c5ccc(OCCCCCCCCCC)c(F)c5)cc4)c3)cc2)cc1. The summed E-state index contributed by atoms with van der Waals surface area (Å²) in [6.45, 7) is 6.97. The van der Waals surface area contributed by atoms with Crippen molar-refractivity contribution in [3.63, 3.8) is 0 Å². The maximum Gasteiger partial charge on any atom is 0.343 e. The molecular weight excluding hydrogens is 840 g/mol. The Hall–Kier alpha value is -6.75. The minimum atomic E-state index is -0.773. The van der Waals surface area contributed by atoms with Crippen LogP contribution in [0.15, 0.2) is 128 Å². The van der Waals surface area contributed by atoms with Gasteiger partial charge in [0, 0.05) is 6.07 Å². The maximum absolute atomic E-state index is 14.7. The number of hydrogen-bond acceptors (Lipinski definition) is 10. The molecule has 0 bridgehead atoms. The summed E-state index contributed by atoms with van der Waals surface area (Å²) in [7, 11) is 0. The Kier molecular flexibility index (Phi) is 21.5. The third-order valence-corrected chi connectivity index (χ3v) is 10.7. The van der Waals surface area contributed by atoms with Gasteiger partial charge in [-0.3, -0.25) is 0 Å². The van der Waals surface area contributed by atoms with E-state index in [1.165, 1.54) is 143 Å². The molecule has 0 radical (unpaired) electrons. The van der Waals surface area contributed by atoms with Crippen LogP contribution in [0, 0.1) is 5.82 Å². The smallest absolute Gasteiger partial charge is 0.343 e. The van der Waals surface area contributed by atoms with E-state index in [1.807, 2.05) is 6.08 Å². The molecule has 0 fully saturated rings. The summed E-state index contributed by atoms with van der Waals surface area (Å²) in [5.74, 6) is -1.99. The number of carbonyl (C=O) groups is 4. The van der Waals surface area contributed by atoms with E-state index in [1.54, 1.807) is 30.3 Å². The van der Waals surface area contributed by atoms with Crippen LogP contribution in [0.25, 0.3) is 0 Å². The van der Waals surface area contributed by atoms with Gasteiger partial charge in [-0.05, 0) is 129 Å². The van der Waals surface area contributed by atoms with Gasteiger partial charge in [0.15, 0.2) is 11.6 Å². The summed E-state index contributed by atoms with van der Waals surface area (Å²) >= 11 is 0. The highest BCUT2D eigenvalue weighted by Crippen LogP contribution is 2.25. The Balaban J connectivity index is 1.01. The molecule has 66 heavy (non-hydrogen) atoms. The Morgan fingerprint density at radius 3 is 1.30 bits per heavy atom. The number of halogens is 1. The van der Waals surface area contributed by atoms with Gasteiger partial charge in [0.1, 0.15) is 28.7 Å². The highest BCUT2D eigenvalue weighted by atomic mass is 19.1. The van der Waals surface area contributed by atoms with Gasteiger partial charge in [-0.1, -0.05) is 96.1 Å². The van der Waals surface area contributed by atoms with Gasteiger partial charge in [0.25, 0.3) is 0 Å². The molecule has 0 N–H and O–H groups in total. The number of carbonyl (C=O) groups excluding carboxylic acids is 4. The Labute approximate surface area is 388 Å². The fourth-order valence-electron chi connectivity index (χ4n) is 6.90. The number of hydrogen-bond donors (Lipinski definition) is 0. The fraction of sp³-hybridized carbons (Fsp3) is 0.345. The number of esters is 4. The van der Waals surface area contributed by atoms with E-state index in [2.05, 4.69) is 13.5 Å². The molecule has 0 aliphatic rings. The molecule has 0 atom stereocenters. The third kappa shape index (κ3) is 17.7. The lowest BCUT2D eigenvalue weighted by molar-refractivity contribution is 0.0723. The lowest BCUT2D eigenvalue weighted by atomic mass is 10.1. The second-order valence-corrected chi connectivity index (χ2v) is 16.0. The molecule has 348 valence electrons. The van der Waals surface area contributed by atoms with Crippen molar-refractivity contribution in [3.8, 4) is 34.5 Å². The summed E-state index contributed by atoms with van der Waals surface area (Å²) in [6, 6.07) is 28.3. The van der Waals surface area contributed by atoms with Crippen molar-refractivity contribution >= 4 is 23.9 Å². The Bertz CT molecular complexity index is 2290. The zero-order chi connectivity index (χ0) is 46.8. The lowest BCUT2D eigenvalue weighted by Crippen LogP contribution is -2.11. The van der Waals surface area contributed by atoms with Crippen LogP contribution in [0.1, 0.15) is 151 Å². The number of allylic oxidation sites excluding steroid dienone is 1. The van der Waals surface area contributed by atoms with Crippen LogP contribution in [0.5, 0.6) is 34.5 Å². The van der Waals surface area contributed by atoms with E-state index < -0.39 is 29.7 Å². The molecule has 0 amide bonds. The second kappa shape index (κ2) is 28.2. The summed E-state index contributed by atoms with van der Waals surface area (Å²) in [4.78, 5) is 51.4. The van der Waals surface area contributed by atoms with E-state index in [0.29, 0.717) is 24.5 Å². The molecule has 0 heterocycles. The van der Waals surface area contributed by atoms with Crippen molar-refractivity contribution in [1.82, 2.24) is 0 Å².